The van der Waals surface area contributed by atoms with E-state index < -0.39 is 4.74 Å². The van der Waals surface area contributed by atoms with Crippen molar-refractivity contribution in [3.05, 3.63) is 0 Å². The monoisotopic (exact) mass is 554 g/mol. The van der Waals surface area contributed by atoms with Gasteiger partial charge < -0.3 is 0 Å². The highest BCUT2D eigenvalue weighted by Gasteiger charge is 2.06. The van der Waals surface area contributed by atoms with E-state index in [1.807, 2.05) is 0 Å². The molecule has 0 aliphatic heterocycles. The Morgan fingerprint density at radius 1 is 0.353 bits per heavy atom. The average molecular weight is 556 g/mol. The summed E-state index contributed by atoms with van der Waals surface area (Å²) >= 11 is 16.9. The van der Waals surface area contributed by atoms with E-state index in [-0.39, 0.29) is 0 Å². The van der Waals surface area contributed by atoms with Gasteiger partial charge in [-0.1, -0.05) is 215 Å². The highest BCUT2D eigenvalue weighted by molar-refractivity contribution is 8.39. The van der Waals surface area contributed by atoms with Gasteiger partial charge in [0.05, 0.1) is 0 Å². The maximum Gasteiger partial charge on any atom is 0.120 e. The van der Waals surface area contributed by atoms with Gasteiger partial charge in [-0.15, -0.1) is 0 Å². The molecular formula is C30H61Cl2PS. The largest absolute Gasteiger partial charge is 0.120 e. The predicted molar refractivity (Wildman–Crippen MR) is 166 cm³/mol. The normalized spacial score (nSPS) is 12.0. The molecule has 0 nitrogen and oxygen atoms in total. The predicted octanol–water partition coefficient (Wildman–Crippen LogP) is 13.7. The maximum atomic E-state index is 5.94. The molecule has 0 unspecified atom stereocenters. The lowest BCUT2D eigenvalue weighted by atomic mass is 10.0. The summed E-state index contributed by atoms with van der Waals surface area (Å²) in [5, 5.41) is 0. The van der Waals surface area contributed by atoms with Gasteiger partial charge in [-0.05, 0) is 6.42 Å². The Balaban J connectivity index is 3.03. The van der Waals surface area contributed by atoms with Crippen molar-refractivity contribution in [1.29, 1.82) is 0 Å². The quantitative estimate of drug-likeness (QED) is 0.0653. The molecule has 0 spiro atoms. The third-order valence-corrected chi connectivity index (χ3v) is 9.67. The minimum atomic E-state index is -1.99. The molecule has 0 aliphatic carbocycles. The van der Waals surface area contributed by atoms with E-state index in [0.717, 1.165) is 12.6 Å². The van der Waals surface area contributed by atoms with Crippen LogP contribution in [0.25, 0.3) is 0 Å². The summed E-state index contributed by atoms with van der Waals surface area (Å²) in [6, 6.07) is 0. The van der Waals surface area contributed by atoms with Crippen LogP contribution in [-0.4, -0.2) is 6.16 Å². The second kappa shape index (κ2) is 28.8. The van der Waals surface area contributed by atoms with Gasteiger partial charge >= 0.3 is 0 Å². The SMILES string of the molecule is CCCCCCCCCCCCCCCCCCCCCCCCCCCCCCP(=S)(Cl)Cl. The molecule has 0 saturated heterocycles. The molecule has 0 rings (SSSR count). The Labute approximate surface area is 231 Å². The highest BCUT2D eigenvalue weighted by atomic mass is 35.9. The van der Waals surface area contributed by atoms with Gasteiger partial charge in [-0.3, -0.25) is 0 Å². The summed E-state index contributed by atoms with van der Waals surface area (Å²) in [6.45, 7) is 2.30. The molecule has 34 heavy (non-hydrogen) atoms. The fourth-order valence-corrected chi connectivity index (χ4v) is 6.66. The third-order valence-electron chi connectivity index (χ3n) is 7.27. The second-order valence-corrected chi connectivity index (χ2v) is 19.5. The molecule has 0 bridgehead atoms. The molecule has 0 aromatic rings. The molecule has 0 aliphatic rings. The van der Waals surface area contributed by atoms with Crippen LogP contribution in [0.3, 0.4) is 0 Å². The van der Waals surface area contributed by atoms with Crippen LogP contribution in [-0.2, 0) is 11.8 Å². The minimum absolute atomic E-state index is 0.852. The van der Waals surface area contributed by atoms with Crippen molar-refractivity contribution in [3.8, 4) is 0 Å². The Kier molecular flexibility index (Phi) is 29.8. The van der Waals surface area contributed by atoms with Gasteiger partial charge in [0.25, 0.3) is 0 Å². The number of unbranched alkanes of at least 4 members (excludes halogenated alkanes) is 27. The van der Waals surface area contributed by atoms with E-state index in [4.69, 9.17) is 34.3 Å². The molecule has 206 valence electrons. The van der Waals surface area contributed by atoms with Gasteiger partial charge in [0.2, 0.25) is 0 Å². The highest BCUT2D eigenvalue weighted by Crippen LogP contribution is 2.57. The molecule has 0 fully saturated rings. The first-order chi connectivity index (χ1) is 16.6. The molecule has 0 N–H and O–H groups in total. The molecule has 0 aromatic heterocycles. The van der Waals surface area contributed by atoms with Crippen molar-refractivity contribution in [2.24, 2.45) is 0 Å². The van der Waals surface area contributed by atoms with E-state index in [1.54, 1.807) is 0 Å². The van der Waals surface area contributed by atoms with Gasteiger partial charge in [0.15, 0.2) is 0 Å². The lowest BCUT2D eigenvalue weighted by Gasteiger charge is -2.05. The van der Waals surface area contributed by atoms with Crippen LogP contribution in [0.5, 0.6) is 0 Å². The molecule has 0 aromatic carbocycles. The summed E-state index contributed by atoms with van der Waals surface area (Å²) in [7, 11) is 0. The van der Waals surface area contributed by atoms with Crippen molar-refractivity contribution in [3.63, 3.8) is 0 Å². The van der Waals surface area contributed by atoms with E-state index >= 15 is 0 Å². The van der Waals surface area contributed by atoms with Crippen LogP contribution in [0.4, 0.5) is 0 Å². The number of halogens is 2. The van der Waals surface area contributed by atoms with Crippen molar-refractivity contribution in [2.45, 2.75) is 187 Å². The van der Waals surface area contributed by atoms with Crippen LogP contribution in [0, 0.1) is 0 Å². The third kappa shape index (κ3) is 33.2. The summed E-state index contributed by atoms with van der Waals surface area (Å²) in [5.41, 5.74) is 0. The lowest BCUT2D eigenvalue weighted by molar-refractivity contribution is 0.514. The van der Waals surface area contributed by atoms with Crippen molar-refractivity contribution in [1.82, 2.24) is 0 Å². The van der Waals surface area contributed by atoms with Crippen LogP contribution < -0.4 is 0 Å². The molecule has 4 heteroatoms. The van der Waals surface area contributed by atoms with Crippen molar-refractivity contribution in [2.75, 3.05) is 6.16 Å². The van der Waals surface area contributed by atoms with E-state index in [0.29, 0.717) is 0 Å². The Hall–Kier alpha value is 1.23. The fourth-order valence-electron chi connectivity index (χ4n) is 4.97. The maximum absolute atomic E-state index is 5.94. The van der Waals surface area contributed by atoms with Crippen LogP contribution >= 0.6 is 27.2 Å². The number of rotatable bonds is 29. The van der Waals surface area contributed by atoms with E-state index in [2.05, 4.69) is 6.92 Å². The minimum Gasteiger partial charge on any atom is -0.0684 e. The Morgan fingerprint density at radius 3 is 0.706 bits per heavy atom. The molecular weight excluding hydrogens is 494 g/mol. The zero-order valence-electron chi connectivity index (χ0n) is 23.1. The molecule has 0 amide bonds. The first-order valence-corrected chi connectivity index (χ1v) is 20.3. The Morgan fingerprint density at radius 2 is 0.529 bits per heavy atom. The van der Waals surface area contributed by atoms with Crippen LogP contribution in [0.1, 0.15) is 187 Å². The zero-order chi connectivity index (χ0) is 25.0. The smallest absolute Gasteiger partial charge is 0.0684 e. The van der Waals surface area contributed by atoms with Crippen molar-refractivity contribution >= 4 is 39.0 Å². The average Bonchev–Trinajstić information content (AvgIpc) is 2.80. The molecule has 0 radical (unpaired) electrons. The lowest BCUT2D eigenvalue weighted by Crippen LogP contribution is -1.85. The van der Waals surface area contributed by atoms with Crippen LogP contribution in [0.15, 0.2) is 0 Å². The summed E-state index contributed by atoms with van der Waals surface area (Å²) in [6.07, 6.45) is 40.9. The van der Waals surface area contributed by atoms with Gasteiger partial charge in [-0.25, -0.2) is 0 Å². The molecule has 0 heterocycles. The van der Waals surface area contributed by atoms with Crippen molar-refractivity contribution < 1.29 is 0 Å². The van der Waals surface area contributed by atoms with Gasteiger partial charge in [-0.2, -0.15) is 0 Å². The standard InChI is InChI=1S/C30H61Cl2PS/c1-2-3-4-5-6-7-8-9-10-11-12-13-14-15-16-17-18-19-20-21-22-23-24-25-26-27-28-29-30-33(31,32)34/h2-30H2,1H3. The molecule has 0 atom stereocenters. The van der Waals surface area contributed by atoms with E-state index in [1.165, 1.54) is 173 Å². The second-order valence-electron chi connectivity index (χ2n) is 10.8. The summed E-state index contributed by atoms with van der Waals surface area (Å²) < 4.78 is -1.99. The number of hydrogen-bond donors (Lipinski definition) is 0. The number of hydrogen-bond acceptors (Lipinski definition) is 1. The van der Waals surface area contributed by atoms with E-state index in [9.17, 15) is 0 Å². The first-order valence-electron chi connectivity index (χ1n) is 15.5. The summed E-state index contributed by atoms with van der Waals surface area (Å²) in [4.78, 5) is 0. The Bertz CT molecular complexity index is 424. The van der Waals surface area contributed by atoms with Gasteiger partial charge in [0, 0.05) is 6.16 Å². The van der Waals surface area contributed by atoms with Gasteiger partial charge in [0.1, 0.15) is 4.74 Å². The zero-order valence-corrected chi connectivity index (χ0v) is 26.3. The topological polar surface area (TPSA) is 0 Å². The first kappa shape index (κ1) is 35.2. The fraction of sp³-hybridized carbons (Fsp3) is 1.00. The summed E-state index contributed by atoms with van der Waals surface area (Å²) in [5.74, 6) is 0. The van der Waals surface area contributed by atoms with Crippen LogP contribution in [0.2, 0.25) is 0 Å². The molecule has 0 saturated carbocycles.